The first-order valence-electron chi connectivity index (χ1n) is 3.57. The highest BCUT2D eigenvalue weighted by molar-refractivity contribution is 7.99. The standard InChI is InChI=1S/C7H14N2S/c1-9-5-2-3-7(9)4-6-10-8/h4,6-7H,2-3,5,8H2,1H3/b6-4+. The summed E-state index contributed by atoms with van der Waals surface area (Å²) in [6.07, 6.45) is 4.78. The lowest BCUT2D eigenvalue weighted by molar-refractivity contribution is 0.357. The molecule has 1 aliphatic heterocycles. The van der Waals surface area contributed by atoms with E-state index in [-0.39, 0.29) is 0 Å². The van der Waals surface area contributed by atoms with E-state index < -0.39 is 0 Å². The Bertz CT molecular complexity index is 125. The molecule has 0 aromatic rings. The van der Waals surface area contributed by atoms with E-state index >= 15 is 0 Å². The van der Waals surface area contributed by atoms with Crippen LogP contribution in [0, 0.1) is 0 Å². The van der Waals surface area contributed by atoms with E-state index in [4.69, 9.17) is 5.14 Å². The second kappa shape index (κ2) is 4.01. The number of rotatable bonds is 2. The number of hydrogen-bond acceptors (Lipinski definition) is 3. The molecule has 1 fully saturated rings. The van der Waals surface area contributed by atoms with Crippen LogP contribution in [-0.2, 0) is 0 Å². The van der Waals surface area contributed by atoms with Crippen LogP contribution in [0.15, 0.2) is 11.5 Å². The molecule has 58 valence electrons. The Morgan fingerprint density at radius 1 is 1.70 bits per heavy atom. The molecule has 0 amide bonds. The van der Waals surface area contributed by atoms with E-state index in [1.165, 1.54) is 31.3 Å². The topological polar surface area (TPSA) is 29.3 Å². The zero-order chi connectivity index (χ0) is 7.40. The van der Waals surface area contributed by atoms with Crippen molar-refractivity contribution >= 4 is 11.9 Å². The lowest BCUT2D eigenvalue weighted by Gasteiger charge is -2.14. The molecule has 0 saturated carbocycles. The molecule has 0 aliphatic carbocycles. The third-order valence-corrected chi connectivity index (χ3v) is 2.27. The molecule has 0 aromatic heterocycles. The Balaban J connectivity index is 2.33. The van der Waals surface area contributed by atoms with Crippen LogP contribution >= 0.6 is 11.9 Å². The number of likely N-dealkylation sites (N-methyl/N-ethyl adjacent to an activating group) is 1. The maximum atomic E-state index is 5.26. The summed E-state index contributed by atoms with van der Waals surface area (Å²) in [6, 6.07) is 0.635. The summed E-state index contributed by atoms with van der Waals surface area (Å²) in [5.74, 6) is 0. The molecule has 1 atom stereocenters. The van der Waals surface area contributed by atoms with Crippen molar-refractivity contribution in [2.24, 2.45) is 5.14 Å². The van der Waals surface area contributed by atoms with Crippen LogP contribution in [0.25, 0.3) is 0 Å². The average molecular weight is 158 g/mol. The van der Waals surface area contributed by atoms with Crippen molar-refractivity contribution in [2.45, 2.75) is 18.9 Å². The molecule has 3 heteroatoms. The second-order valence-electron chi connectivity index (χ2n) is 2.65. The average Bonchev–Trinajstić information content (AvgIpc) is 2.31. The minimum atomic E-state index is 0.635. The zero-order valence-electron chi connectivity index (χ0n) is 6.29. The summed E-state index contributed by atoms with van der Waals surface area (Å²) < 4.78 is 0. The number of hydrogen-bond donors (Lipinski definition) is 1. The van der Waals surface area contributed by atoms with Gasteiger partial charge in [0.25, 0.3) is 0 Å². The smallest absolute Gasteiger partial charge is 0.0284 e. The summed E-state index contributed by atoms with van der Waals surface area (Å²) in [4.78, 5) is 2.35. The molecule has 0 spiro atoms. The van der Waals surface area contributed by atoms with Crippen molar-refractivity contribution in [3.05, 3.63) is 11.5 Å². The van der Waals surface area contributed by atoms with Gasteiger partial charge in [0.2, 0.25) is 0 Å². The minimum Gasteiger partial charge on any atom is -0.300 e. The Kier molecular flexibility index (Phi) is 3.25. The lowest BCUT2D eigenvalue weighted by atomic mass is 10.2. The summed E-state index contributed by atoms with van der Waals surface area (Å²) in [6.45, 7) is 1.23. The van der Waals surface area contributed by atoms with E-state index in [1.807, 2.05) is 5.41 Å². The van der Waals surface area contributed by atoms with Crippen molar-refractivity contribution in [3.63, 3.8) is 0 Å². The van der Waals surface area contributed by atoms with Gasteiger partial charge in [-0.1, -0.05) is 18.0 Å². The molecular formula is C7H14N2S. The second-order valence-corrected chi connectivity index (χ2v) is 3.20. The van der Waals surface area contributed by atoms with E-state index in [9.17, 15) is 0 Å². The lowest BCUT2D eigenvalue weighted by Crippen LogP contribution is -2.22. The van der Waals surface area contributed by atoms with Crippen molar-refractivity contribution in [1.29, 1.82) is 0 Å². The predicted octanol–water partition coefficient (Wildman–Crippen LogP) is 1.20. The van der Waals surface area contributed by atoms with Gasteiger partial charge < -0.3 is 0 Å². The van der Waals surface area contributed by atoms with E-state index in [2.05, 4.69) is 18.0 Å². The molecule has 1 rings (SSSR count). The molecular weight excluding hydrogens is 144 g/mol. The van der Waals surface area contributed by atoms with Gasteiger partial charge in [-0.3, -0.25) is 10.0 Å². The van der Waals surface area contributed by atoms with Gasteiger partial charge in [-0.05, 0) is 31.8 Å². The molecule has 1 aliphatic rings. The highest BCUT2D eigenvalue weighted by Gasteiger charge is 2.16. The Morgan fingerprint density at radius 2 is 2.50 bits per heavy atom. The quantitative estimate of drug-likeness (QED) is 0.612. The fourth-order valence-electron chi connectivity index (χ4n) is 1.32. The van der Waals surface area contributed by atoms with E-state index in [0.717, 1.165) is 0 Å². The highest BCUT2D eigenvalue weighted by atomic mass is 32.2. The van der Waals surface area contributed by atoms with Gasteiger partial charge in [-0.15, -0.1) is 0 Å². The summed E-state index contributed by atoms with van der Waals surface area (Å²) in [7, 11) is 2.16. The van der Waals surface area contributed by atoms with Gasteiger partial charge in [0.05, 0.1) is 0 Å². The van der Waals surface area contributed by atoms with Crippen LogP contribution in [-0.4, -0.2) is 24.5 Å². The highest BCUT2D eigenvalue weighted by Crippen LogP contribution is 2.15. The summed E-state index contributed by atoms with van der Waals surface area (Å²) >= 11 is 1.28. The van der Waals surface area contributed by atoms with Gasteiger partial charge >= 0.3 is 0 Å². The van der Waals surface area contributed by atoms with Crippen LogP contribution in [0.4, 0.5) is 0 Å². The molecule has 0 radical (unpaired) electrons. The number of nitrogens with zero attached hydrogens (tertiary/aromatic N) is 1. The van der Waals surface area contributed by atoms with Crippen molar-refractivity contribution in [1.82, 2.24) is 4.90 Å². The fourth-order valence-corrected chi connectivity index (χ4v) is 1.59. The third kappa shape index (κ3) is 2.01. The molecule has 1 heterocycles. The molecule has 1 saturated heterocycles. The van der Waals surface area contributed by atoms with Crippen LogP contribution in [0.3, 0.4) is 0 Å². The van der Waals surface area contributed by atoms with Crippen LogP contribution in [0.2, 0.25) is 0 Å². The molecule has 0 bridgehead atoms. The molecule has 1 unspecified atom stereocenters. The maximum absolute atomic E-state index is 5.26. The molecule has 10 heavy (non-hydrogen) atoms. The first-order chi connectivity index (χ1) is 4.84. The predicted molar refractivity (Wildman–Crippen MR) is 46.6 cm³/mol. The zero-order valence-corrected chi connectivity index (χ0v) is 7.10. The number of likely N-dealkylation sites (tertiary alicyclic amines) is 1. The normalized spacial score (nSPS) is 28.4. The van der Waals surface area contributed by atoms with Gasteiger partial charge in [0, 0.05) is 6.04 Å². The first kappa shape index (κ1) is 8.11. The van der Waals surface area contributed by atoms with Crippen molar-refractivity contribution in [2.75, 3.05) is 13.6 Å². The fraction of sp³-hybridized carbons (Fsp3) is 0.714. The molecule has 2 N–H and O–H groups in total. The Morgan fingerprint density at radius 3 is 3.00 bits per heavy atom. The first-order valence-corrected chi connectivity index (χ1v) is 4.51. The van der Waals surface area contributed by atoms with Gasteiger partial charge in [0.15, 0.2) is 0 Å². The van der Waals surface area contributed by atoms with E-state index in [0.29, 0.717) is 6.04 Å². The van der Waals surface area contributed by atoms with Gasteiger partial charge in [-0.25, -0.2) is 0 Å². The van der Waals surface area contributed by atoms with Crippen LogP contribution in [0.1, 0.15) is 12.8 Å². The van der Waals surface area contributed by atoms with Crippen LogP contribution < -0.4 is 5.14 Å². The monoisotopic (exact) mass is 158 g/mol. The molecule has 0 aromatic carbocycles. The molecule has 2 nitrogen and oxygen atoms in total. The van der Waals surface area contributed by atoms with Gasteiger partial charge in [0.1, 0.15) is 0 Å². The third-order valence-electron chi connectivity index (χ3n) is 1.96. The van der Waals surface area contributed by atoms with Crippen molar-refractivity contribution < 1.29 is 0 Å². The summed E-state index contributed by atoms with van der Waals surface area (Å²) in [5, 5.41) is 7.23. The van der Waals surface area contributed by atoms with Crippen molar-refractivity contribution in [3.8, 4) is 0 Å². The SMILES string of the molecule is CN1CCCC1/C=C/SN. The van der Waals surface area contributed by atoms with E-state index in [1.54, 1.807) is 0 Å². The minimum absolute atomic E-state index is 0.635. The Labute approximate surface area is 66.6 Å². The maximum Gasteiger partial charge on any atom is 0.0284 e. The Hall–Kier alpha value is 0.01000. The van der Waals surface area contributed by atoms with Gasteiger partial charge in [-0.2, -0.15) is 0 Å². The van der Waals surface area contributed by atoms with Crippen LogP contribution in [0.5, 0.6) is 0 Å². The summed E-state index contributed by atoms with van der Waals surface area (Å²) in [5.41, 5.74) is 0. The number of nitrogens with two attached hydrogens (primary N) is 1. The largest absolute Gasteiger partial charge is 0.300 e.